The highest BCUT2D eigenvalue weighted by atomic mass is 32.2. The van der Waals surface area contributed by atoms with Gasteiger partial charge in [-0.05, 0) is 17.7 Å². The number of pyridine rings is 1. The Morgan fingerprint density at radius 1 is 1.18 bits per heavy atom. The second-order valence-electron chi connectivity index (χ2n) is 4.83. The van der Waals surface area contributed by atoms with Gasteiger partial charge in [0, 0.05) is 17.1 Å². The summed E-state index contributed by atoms with van der Waals surface area (Å²) in [5, 5.41) is 7.88. The van der Waals surface area contributed by atoms with Crippen LogP contribution in [0.5, 0.6) is 5.88 Å². The SMILES string of the molecule is COc1ncc(-c2ccc3cn[nH]c3c2)cc1NS(C)(=O)=O. The molecule has 0 bridgehead atoms. The van der Waals surface area contributed by atoms with Gasteiger partial charge in [-0.15, -0.1) is 0 Å². The van der Waals surface area contributed by atoms with Crippen molar-refractivity contribution in [3.05, 3.63) is 36.7 Å². The van der Waals surface area contributed by atoms with E-state index < -0.39 is 10.0 Å². The normalized spacial score (nSPS) is 11.5. The van der Waals surface area contributed by atoms with Crippen molar-refractivity contribution in [1.82, 2.24) is 15.2 Å². The smallest absolute Gasteiger partial charge is 0.238 e. The van der Waals surface area contributed by atoms with Gasteiger partial charge in [0.1, 0.15) is 5.69 Å². The lowest BCUT2D eigenvalue weighted by molar-refractivity contribution is 0.400. The summed E-state index contributed by atoms with van der Waals surface area (Å²) < 4.78 is 30.4. The van der Waals surface area contributed by atoms with Crippen LogP contribution in [0.2, 0.25) is 0 Å². The number of hydrogen-bond donors (Lipinski definition) is 2. The van der Waals surface area contributed by atoms with Crippen LogP contribution in [0.25, 0.3) is 22.0 Å². The van der Waals surface area contributed by atoms with E-state index in [4.69, 9.17) is 4.74 Å². The zero-order valence-electron chi connectivity index (χ0n) is 12.0. The van der Waals surface area contributed by atoms with Gasteiger partial charge in [-0.2, -0.15) is 5.10 Å². The molecule has 3 aromatic rings. The number of benzene rings is 1. The lowest BCUT2D eigenvalue weighted by Crippen LogP contribution is -2.11. The number of ether oxygens (including phenoxy) is 1. The van der Waals surface area contributed by atoms with Crippen LogP contribution in [-0.4, -0.2) is 37.0 Å². The molecule has 0 spiro atoms. The molecule has 0 atom stereocenters. The minimum Gasteiger partial charge on any atom is -0.480 e. The Morgan fingerprint density at radius 3 is 2.73 bits per heavy atom. The fraction of sp³-hybridized carbons (Fsp3) is 0.143. The number of sulfonamides is 1. The Bertz CT molecular complexity index is 934. The van der Waals surface area contributed by atoms with E-state index in [2.05, 4.69) is 19.9 Å². The molecule has 114 valence electrons. The summed E-state index contributed by atoms with van der Waals surface area (Å²) in [5.41, 5.74) is 2.85. The van der Waals surface area contributed by atoms with Crippen molar-refractivity contribution in [2.24, 2.45) is 0 Å². The van der Waals surface area contributed by atoms with Crippen LogP contribution in [0.15, 0.2) is 36.7 Å². The van der Waals surface area contributed by atoms with Gasteiger partial charge >= 0.3 is 0 Å². The average molecular weight is 318 g/mol. The monoisotopic (exact) mass is 318 g/mol. The van der Waals surface area contributed by atoms with Crippen molar-refractivity contribution in [2.75, 3.05) is 18.1 Å². The molecule has 0 radical (unpaired) electrons. The zero-order valence-corrected chi connectivity index (χ0v) is 12.8. The van der Waals surface area contributed by atoms with Crippen molar-refractivity contribution in [3.63, 3.8) is 0 Å². The first-order valence-electron chi connectivity index (χ1n) is 6.41. The van der Waals surface area contributed by atoms with Gasteiger partial charge in [0.15, 0.2) is 0 Å². The van der Waals surface area contributed by atoms with Gasteiger partial charge in [0.2, 0.25) is 15.9 Å². The summed E-state index contributed by atoms with van der Waals surface area (Å²) >= 11 is 0. The van der Waals surface area contributed by atoms with Crippen LogP contribution in [-0.2, 0) is 10.0 Å². The highest BCUT2D eigenvalue weighted by Crippen LogP contribution is 2.30. The molecule has 2 N–H and O–H groups in total. The van der Waals surface area contributed by atoms with Gasteiger partial charge in [-0.1, -0.05) is 12.1 Å². The molecule has 22 heavy (non-hydrogen) atoms. The zero-order chi connectivity index (χ0) is 15.7. The summed E-state index contributed by atoms with van der Waals surface area (Å²) in [5.74, 6) is 0.219. The first kappa shape index (κ1) is 14.3. The number of methoxy groups -OCH3 is 1. The molecular formula is C14H14N4O3S. The number of aromatic nitrogens is 3. The Balaban J connectivity index is 2.08. The third kappa shape index (κ3) is 2.86. The van der Waals surface area contributed by atoms with E-state index in [0.29, 0.717) is 5.69 Å². The van der Waals surface area contributed by atoms with Gasteiger partial charge in [0.05, 0.1) is 25.1 Å². The maximum atomic E-state index is 11.4. The summed E-state index contributed by atoms with van der Waals surface area (Å²) in [7, 11) is -1.98. The van der Waals surface area contributed by atoms with Crippen molar-refractivity contribution in [2.45, 2.75) is 0 Å². The topological polar surface area (TPSA) is 97.0 Å². The van der Waals surface area contributed by atoms with Crippen LogP contribution in [0.3, 0.4) is 0 Å². The van der Waals surface area contributed by atoms with Gasteiger partial charge in [-0.3, -0.25) is 9.82 Å². The molecule has 0 aliphatic carbocycles. The van der Waals surface area contributed by atoms with E-state index in [9.17, 15) is 8.42 Å². The molecule has 0 aliphatic heterocycles. The van der Waals surface area contributed by atoms with Crippen LogP contribution in [0, 0.1) is 0 Å². The third-order valence-electron chi connectivity index (χ3n) is 3.12. The molecule has 3 rings (SSSR count). The molecule has 0 unspecified atom stereocenters. The predicted molar refractivity (Wildman–Crippen MR) is 84.3 cm³/mol. The summed E-state index contributed by atoms with van der Waals surface area (Å²) in [4.78, 5) is 4.15. The summed E-state index contributed by atoms with van der Waals surface area (Å²) in [6, 6.07) is 7.47. The van der Waals surface area contributed by atoms with E-state index in [1.54, 1.807) is 18.5 Å². The molecule has 1 aromatic carbocycles. The van der Waals surface area contributed by atoms with Gasteiger partial charge in [-0.25, -0.2) is 13.4 Å². The van der Waals surface area contributed by atoms with Crippen molar-refractivity contribution in [1.29, 1.82) is 0 Å². The highest BCUT2D eigenvalue weighted by Gasteiger charge is 2.12. The number of nitrogens with one attached hydrogen (secondary N) is 2. The number of H-pyrrole nitrogens is 1. The number of anilines is 1. The van der Waals surface area contributed by atoms with Gasteiger partial charge < -0.3 is 4.74 Å². The number of hydrogen-bond acceptors (Lipinski definition) is 5. The largest absolute Gasteiger partial charge is 0.480 e. The number of aromatic amines is 1. The Hall–Kier alpha value is -2.61. The fourth-order valence-electron chi connectivity index (χ4n) is 2.16. The van der Waals surface area contributed by atoms with Crippen LogP contribution >= 0.6 is 0 Å². The lowest BCUT2D eigenvalue weighted by atomic mass is 10.1. The molecule has 0 aliphatic rings. The molecule has 2 aromatic heterocycles. The Kier molecular flexibility index (Phi) is 3.45. The van der Waals surface area contributed by atoms with E-state index in [0.717, 1.165) is 28.3 Å². The summed E-state index contributed by atoms with van der Waals surface area (Å²) in [6.07, 6.45) is 4.45. The molecule has 0 amide bonds. The lowest BCUT2D eigenvalue weighted by Gasteiger charge is -2.10. The minimum absolute atomic E-state index is 0.219. The van der Waals surface area contributed by atoms with E-state index in [1.165, 1.54) is 7.11 Å². The molecule has 2 heterocycles. The Labute approximate surface area is 127 Å². The van der Waals surface area contributed by atoms with Crippen LogP contribution < -0.4 is 9.46 Å². The highest BCUT2D eigenvalue weighted by molar-refractivity contribution is 7.92. The third-order valence-corrected chi connectivity index (χ3v) is 3.71. The van der Waals surface area contributed by atoms with E-state index >= 15 is 0 Å². The van der Waals surface area contributed by atoms with Crippen molar-refractivity contribution >= 4 is 26.6 Å². The molecule has 0 saturated heterocycles. The minimum atomic E-state index is -3.42. The molecular weight excluding hydrogens is 304 g/mol. The number of nitrogens with zero attached hydrogens (tertiary/aromatic N) is 2. The predicted octanol–water partition coefficient (Wildman–Crippen LogP) is 2.00. The number of fused-ring (bicyclic) bond motifs is 1. The maximum absolute atomic E-state index is 11.4. The second-order valence-corrected chi connectivity index (χ2v) is 6.58. The standard InChI is InChI=1S/C14H14N4O3S/c1-21-14-13(18-22(2,19)20)6-11(7-15-14)9-3-4-10-8-16-17-12(10)5-9/h3-8,18H,1-2H3,(H,16,17). The summed E-state index contributed by atoms with van der Waals surface area (Å²) in [6.45, 7) is 0. The molecule has 0 fully saturated rings. The first-order chi connectivity index (χ1) is 10.5. The molecule has 0 saturated carbocycles. The molecule has 8 heteroatoms. The van der Waals surface area contributed by atoms with Crippen LogP contribution in [0.1, 0.15) is 0 Å². The molecule has 7 nitrogen and oxygen atoms in total. The quantitative estimate of drug-likeness (QED) is 0.767. The van der Waals surface area contributed by atoms with E-state index in [1.807, 2.05) is 18.2 Å². The fourth-order valence-corrected chi connectivity index (χ4v) is 2.71. The second kappa shape index (κ2) is 5.30. The van der Waals surface area contributed by atoms with E-state index in [-0.39, 0.29) is 5.88 Å². The number of rotatable bonds is 4. The average Bonchev–Trinajstić information content (AvgIpc) is 2.92. The Morgan fingerprint density at radius 2 is 2.00 bits per heavy atom. The first-order valence-corrected chi connectivity index (χ1v) is 8.31. The van der Waals surface area contributed by atoms with Crippen molar-refractivity contribution in [3.8, 4) is 17.0 Å². The van der Waals surface area contributed by atoms with Gasteiger partial charge in [0.25, 0.3) is 0 Å². The van der Waals surface area contributed by atoms with Crippen LogP contribution in [0.4, 0.5) is 5.69 Å². The van der Waals surface area contributed by atoms with Crippen molar-refractivity contribution < 1.29 is 13.2 Å². The maximum Gasteiger partial charge on any atom is 0.238 e.